The van der Waals surface area contributed by atoms with Crippen LogP contribution < -0.4 is 10.2 Å². The Morgan fingerprint density at radius 2 is 2.11 bits per heavy atom. The second-order valence-corrected chi connectivity index (χ2v) is 5.24. The van der Waals surface area contributed by atoms with E-state index in [1.165, 1.54) is 31.4 Å². The molecule has 100 valence electrons. The van der Waals surface area contributed by atoms with E-state index in [4.69, 9.17) is 0 Å². The normalized spacial score (nSPS) is 17.9. The predicted molar refractivity (Wildman–Crippen MR) is 77.0 cm³/mol. The maximum Gasteiger partial charge on any atom is 0.0574 e. The molecule has 1 saturated carbocycles. The fourth-order valence-corrected chi connectivity index (χ4v) is 2.88. The van der Waals surface area contributed by atoms with Crippen LogP contribution in [0.15, 0.2) is 18.3 Å². The third-order valence-corrected chi connectivity index (χ3v) is 4.16. The van der Waals surface area contributed by atoms with Crippen LogP contribution in [-0.2, 0) is 0 Å². The zero-order chi connectivity index (χ0) is 13.0. The van der Waals surface area contributed by atoms with Gasteiger partial charge >= 0.3 is 0 Å². The van der Waals surface area contributed by atoms with Gasteiger partial charge in [-0.05, 0) is 38.4 Å². The first-order valence-electron chi connectivity index (χ1n) is 7.12. The number of nitrogens with one attached hydrogen (secondary N) is 1. The quantitative estimate of drug-likeness (QED) is 0.866. The third-order valence-electron chi connectivity index (χ3n) is 4.16. The molecule has 0 amide bonds. The van der Waals surface area contributed by atoms with Crippen LogP contribution in [-0.4, -0.2) is 25.1 Å². The van der Waals surface area contributed by atoms with Gasteiger partial charge in [0.25, 0.3) is 0 Å². The molecular formula is C15H25N3. The molecule has 3 nitrogen and oxygen atoms in total. The standard InChI is InChI=1S/C15H25N3/c1-4-14(16-2)15-10-9-13(11-17-15)18(3)12-7-5-6-8-12/h9-12,14,16H,4-8H2,1-3H3. The van der Waals surface area contributed by atoms with E-state index in [9.17, 15) is 0 Å². The molecule has 0 spiro atoms. The Bertz CT molecular complexity index is 351. The summed E-state index contributed by atoms with van der Waals surface area (Å²) in [7, 11) is 4.19. The molecule has 0 aliphatic heterocycles. The van der Waals surface area contributed by atoms with Crippen LogP contribution in [0.2, 0.25) is 0 Å². The number of hydrogen-bond donors (Lipinski definition) is 1. The van der Waals surface area contributed by atoms with Crippen LogP contribution in [0.1, 0.15) is 50.8 Å². The fourth-order valence-electron chi connectivity index (χ4n) is 2.88. The molecule has 2 rings (SSSR count). The summed E-state index contributed by atoms with van der Waals surface area (Å²) in [5.74, 6) is 0. The van der Waals surface area contributed by atoms with Gasteiger partial charge in [-0.1, -0.05) is 19.8 Å². The second-order valence-electron chi connectivity index (χ2n) is 5.24. The highest BCUT2D eigenvalue weighted by atomic mass is 15.1. The Morgan fingerprint density at radius 3 is 2.61 bits per heavy atom. The Morgan fingerprint density at radius 1 is 1.39 bits per heavy atom. The molecule has 1 unspecified atom stereocenters. The molecule has 0 bridgehead atoms. The van der Waals surface area contributed by atoms with Crippen molar-refractivity contribution in [2.75, 3.05) is 19.0 Å². The molecule has 1 aromatic heterocycles. The highest BCUT2D eigenvalue weighted by molar-refractivity contribution is 5.45. The van der Waals surface area contributed by atoms with Crippen molar-refractivity contribution >= 4 is 5.69 Å². The number of anilines is 1. The van der Waals surface area contributed by atoms with Crippen LogP contribution in [0.4, 0.5) is 5.69 Å². The number of pyridine rings is 1. The molecule has 1 fully saturated rings. The van der Waals surface area contributed by atoms with Crippen LogP contribution >= 0.6 is 0 Å². The van der Waals surface area contributed by atoms with Gasteiger partial charge in [0.1, 0.15) is 0 Å². The highest BCUT2D eigenvalue weighted by Gasteiger charge is 2.20. The van der Waals surface area contributed by atoms with Crippen molar-refractivity contribution in [3.8, 4) is 0 Å². The first kappa shape index (κ1) is 13.3. The van der Waals surface area contributed by atoms with Gasteiger partial charge in [0, 0.05) is 19.1 Å². The number of aromatic nitrogens is 1. The molecule has 1 aliphatic rings. The molecule has 1 N–H and O–H groups in total. The summed E-state index contributed by atoms with van der Waals surface area (Å²) in [6.45, 7) is 2.18. The van der Waals surface area contributed by atoms with Gasteiger partial charge in [-0.15, -0.1) is 0 Å². The molecule has 1 aromatic rings. The molecule has 0 radical (unpaired) electrons. The minimum Gasteiger partial charge on any atom is -0.370 e. The van der Waals surface area contributed by atoms with Crippen LogP contribution in [0, 0.1) is 0 Å². The van der Waals surface area contributed by atoms with E-state index < -0.39 is 0 Å². The number of nitrogens with zero attached hydrogens (tertiary/aromatic N) is 2. The number of rotatable bonds is 5. The van der Waals surface area contributed by atoms with Crippen LogP contribution in [0.3, 0.4) is 0 Å². The van der Waals surface area contributed by atoms with Gasteiger partial charge in [0.2, 0.25) is 0 Å². The Hall–Kier alpha value is -1.09. The van der Waals surface area contributed by atoms with Crippen molar-refractivity contribution in [2.24, 2.45) is 0 Å². The summed E-state index contributed by atoms with van der Waals surface area (Å²) < 4.78 is 0. The van der Waals surface area contributed by atoms with E-state index in [2.05, 4.69) is 41.3 Å². The van der Waals surface area contributed by atoms with Crippen molar-refractivity contribution in [2.45, 2.75) is 51.1 Å². The molecule has 0 aromatic carbocycles. The summed E-state index contributed by atoms with van der Waals surface area (Å²) in [6, 6.07) is 5.45. The van der Waals surface area contributed by atoms with Crippen molar-refractivity contribution < 1.29 is 0 Å². The highest BCUT2D eigenvalue weighted by Crippen LogP contribution is 2.27. The Balaban J connectivity index is 2.06. The molecule has 1 heterocycles. The summed E-state index contributed by atoms with van der Waals surface area (Å²) in [5.41, 5.74) is 2.39. The van der Waals surface area contributed by atoms with Gasteiger partial charge in [0.05, 0.1) is 17.6 Å². The topological polar surface area (TPSA) is 28.2 Å². The maximum atomic E-state index is 4.61. The average molecular weight is 247 g/mol. The first-order valence-corrected chi connectivity index (χ1v) is 7.12. The Labute approximate surface area is 111 Å². The first-order chi connectivity index (χ1) is 8.76. The van der Waals surface area contributed by atoms with E-state index in [-0.39, 0.29) is 0 Å². The van der Waals surface area contributed by atoms with E-state index >= 15 is 0 Å². The fraction of sp³-hybridized carbons (Fsp3) is 0.667. The second kappa shape index (κ2) is 6.19. The molecular weight excluding hydrogens is 222 g/mol. The smallest absolute Gasteiger partial charge is 0.0574 e. The summed E-state index contributed by atoms with van der Waals surface area (Å²) >= 11 is 0. The molecule has 0 saturated heterocycles. The van der Waals surface area contributed by atoms with Crippen molar-refractivity contribution in [1.29, 1.82) is 0 Å². The monoisotopic (exact) mass is 247 g/mol. The third kappa shape index (κ3) is 2.83. The van der Waals surface area contributed by atoms with Crippen LogP contribution in [0.25, 0.3) is 0 Å². The van der Waals surface area contributed by atoms with E-state index in [0.29, 0.717) is 12.1 Å². The van der Waals surface area contributed by atoms with Gasteiger partial charge in [-0.2, -0.15) is 0 Å². The predicted octanol–water partition coefficient (Wildman–Crippen LogP) is 3.13. The van der Waals surface area contributed by atoms with Gasteiger partial charge in [-0.3, -0.25) is 4.98 Å². The molecule has 1 aliphatic carbocycles. The molecule has 1 atom stereocenters. The minimum absolute atomic E-state index is 0.371. The van der Waals surface area contributed by atoms with Crippen molar-refractivity contribution in [3.63, 3.8) is 0 Å². The van der Waals surface area contributed by atoms with Gasteiger partial charge < -0.3 is 10.2 Å². The molecule has 18 heavy (non-hydrogen) atoms. The lowest BCUT2D eigenvalue weighted by Crippen LogP contribution is -2.29. The lowest BCUT2D eigenvalue weighted by atomic mass is 10.1. The lowest BCUT2D eigenvalue weighted by molar-refractivity contribution is 0.561. The van der Waals surface area contributed by atoms with Gasteiger partial charge in [0.15, 0.2) is 0 Å². The lowest BCUT2D eigenvalue weighted by Gasteiger charge is -2.26. The van der Waals surface area contributed by atoms with Crippen molar-refractivity contribution in [1.82, 2.24) is 10.3 Å². The SMILES string of the molecule is CCC(NC)c1ccc(N(C)C2CCCC2)cn1. The summed E-state index contributed by atoms with van der Waals surface area (Å²) in [5, 5.41) is 3.30. The number of hydrogen-bond acceptors (Lipinski definition) is 3. The molecule has 3 heteroatoms. The summed E-state index contributed by atoms with van der Waals surface area (Å²) in [6.07, 6.45) is 8.49. The van der Waals surface area contributed by atoms with E-state index in [1.807, 2.05) is 13.2 Å². The average Bonchev–Trinajstić information content (AvgIpc) is 2.94. The van der Waals surface area contributed by atoms with Gasteiger partial charge in [-0.25, -0.2) is 0 Å². The van der Waals surface area contributed by atoms with E-state index in [1.54, 1.807) is 0 Å². The minimum atomic E-state index is 0.371. The zero-order valence-electron chi connectivity index (χ0n) is 11.8. The van der Waals surface area contributed by atoms with Crippen molar-refractivity contribution in [3.05, 3.63) is 24.0 Å². The van der Waals surface area contributed by atoms with Crippen LogP contribution in [0.5, 0.6) is 0 Å². The Kier molecular flexibility index (Phi) is 4.59. The van der Waals surface area contributed by atoms with E-state index in [0.717, 1.165) is 12.1 Å². The maximum absolute atomic E-state index is 4.61. The largest absolute Gasteiger partial charge is 0.370 e. The summed E-state index contributed by atoms with van der Waals surface area (Å²) in [4.78, 5) is 7.00. The zero-order valence-corrected chi connectivity index (χ0v) is 11.8.